The molecule has 1 aromatic carbocycles. The molecule has 0 aliphatic carbocycles. The van der Waals surface area contributed by atoms with E-state index in [9.17, 15) is 9.59 Å². The smallest absolute Gasteiger partial charge is 0.268 e. The van der Waals surface area contributed by atoms with Crippen molar-refractivity contribution in [3.05, 3.63) is 64.5 Å². The number of thioether (sulfide) groups is 1. The van der Waals surface area contributed by atoms with Crippen LogP contribution in [0.15, 0.2) is 68.5 Å². The Morgan fingerprint density at radius 2 is 1.93 bits per heavy atom. The number of hydrogen-bond donors (Lipinski definition) is 0. The van der Waals surface area contributed by atoms with Gasteiger partial charge in [-0.05, 0) is 37.1 Å². The SMILES string of the molecule is O=C(CSc1nc2scc(-c3ccco3)c2c(=O)n1-c1ccccc1)N1CCCC1. The summed E-state index contributed by atoms with van der Waals surface area (Å²) in [6.45, 7) is 1.63. The average Bonchev–Trinajstić information content (AvgIpc) is 3.54. The number of fused-ring (bicyclic) bond motifs is 1. The molecule has 30 heavy (non-hydrogen) atoms. The van der Waals surface area contributed by atoms with Gasteiger partial charge in [-0.1, -0.05) is 30.0 Å². The number of thiophene rings is 1. The molecular formula is C22H19N3O3S2. The van der Waals surface area contributed by atoms with Gasteiger partial charge in [-0.25, -0.2) is 4.98 Å². The van der Waals surface area contributed by atoms with Gasteiger partial charge in [-0.15, -0.1) is 11.3 Å². The Morgan fingerprint density at radius 1 is 1.13 bits per heavy atom. The fourth-order valence-electron chi connectivity index (χ4n) is 3.67. The first-order valence-corrected chi connectivity index (χ1v) is 11.6. The monoisotopic (exact) mass is 437 g/mol. The van der Waals surface area contributed by atoms with Crippen LogP contribution in [0.5, 0.6) is 0 Å². The second-order valence-electron chi connectivity index (χ2n) is 7.05. The van der Waals surface area contributed by atoms with Gasteiger partial charge in [0.15, 0.2) is 5.16 Å². The largest absolute Gasteiger partial charge is 0.464 e. The van der Waals surface area contributed by atoms with Crippen molar-refractivity contribution in [3.8, 4) is 17.0 Å². The molecule has 0 N–H and O–H groups in total. The van der Waals surface area contributed by atoms with Crippen molar-refractivity contribution >= 4 is 39.2 Å². The lowest BCUT2D eigenvalue weighted by molar-refractivity contribution is -0.127. The number of hydrogen-bond acceptors (Lipinski definition) is 6. The fourth-order valence-corrected chi connectivity index (χ4v) is 5.56. The Bertz CT molecular complexity index is 1240. The third kappa shape index (κ3) is 3.46. The first kappa shape index (κ1) is 19.1. The lowest BCUT2D eigenvalue weighted by Crippen LogP contribution is -2.29. The van der Waals surface area contributed by atoms with Gasteiger partial charge in [-0.2, -0.15) is 0 Å². The summed E-state index contributed by atoms with van der Waals surface area (Å²) in [5.41, 5.74) is 1.31. The molecule has 1 aliphatic heterocycles. The third-order valence-corrected chi connectivity index (χ3v) is 6.96. The summed E-state index contributed by atoms with van der Waals surface area (Å²) in [7, 11) is 0. The maximum absolute atomic E-state index is 13.6. The van der Waals surface area contributed by atoms with Crippen molar-refractivity contribution < 1.29 is 9.21 Å². The van der Waals surface area contributed by atoms with Gasteiger partial charge >= 0.3 is 0 Å². The summed E-state index contributed by atoms with van der Waals surface area (Å²) in [6.07, 6.45) is 3.70. The molecule has 1 fully saturated rings. The number of carbonyl (C=O) groups excluding carboxylic acids is 1. The molecule has 0 saturated carbocycles. The van der Waals surface area contributed by atoms with Gasteiger partial charge in [0.2, 0.25) is 5.91 Å². The van der Waals surface area contributed by atoms with Crippen LogP contribution < -0.4 is 5.56 Å². The zero-order valence-electron chi connectivity index (χ0n) is 16.1. The van der Waals surface area contributed by atoms with E-state index in [0.717, 1.165) is 37.2 Å². The molecule has 8 heteroatoms. The summed E-state index contributed by atoms with van der Waals surface area (Å²) in [5.74, 6) is 1.000. The van der Waals surface area contributed by atoms with E-state index < -0.39 is 0 Å². The van der Waals surface area contributed by atoms with E-state index in [4.69, 9.17) is 9.40 Å². The molecular weight excluding hydrogens is 418 g/mol. The maximum atomic E-state index is 13.6. The van der Waals surface area contributed by atoms with Gasteiger partial charge in [0.05, 0.1) is 23.1 Å². The van der Waals surface area contributed by atoms with Crippen LogP contribution in [0, 0.1) is 0 Å². The Balaban J connectivity index is 1.60. The molecule has 0 radical (unpaired) electrons. The Labute approximate surface area is 181 Å². The summed E-state index contributed by atoms with van der Waals surface area (Å²) in [6, 6.07) is 13.1. The number of likely N-dealkylation sites (tertiary alicyclic amines) is 1. The van der Waals surface area contributed by atoms with E-state index in [1.54, 1.807) is 16.9 Å². The predicted octanol–water partition coefficient (Wildman–Crippen LogP) is 4.42. The number of amides is 1. The minimum absolute atomic E-state index is 0.0916. The third-order valence-electron chi connectivity index (χ3n) is 5.16. The first-order valence-electron chi connectivity index (χ1n) is 9.76. The Kier molecular flexibility index (Phi) is 5.18. The standard InChI is InChI=1S/C22H19N3O3S2/c26-18(24-10-4-5-11-24)14-30-22-23-20-19(16(13-29-20)17-9-6-12-28-17)21(27)25(22)15-7-2-1-3-8-15/h1-3,6-9,12-13H,4-5,10-11,14H2. The number of aromatic nitrogens is 2. The molecule has 1 amide bonds. The number of rotatable bonds is 5. The van der Waals surface area contributed by atoms with Crippen molar-refractivity contribution in [2.45, 2.75) is 18.0 Å². The van der Waals surface area contributed by atoms with Gasteiger partial charge in [0, 0.05) is 24.0 Å². The van der Waals surface area contributed by atoms with Gasteiger partial charge in [-0.3, -0.25) is 14.2 Å². The van der Waals surface area contributed by atoms with Gasteiger partial charge < -0.3 is 9.32 Å². The molecule has 1 aliphatic rings. The molecule has 0 bridgehead atoms. The second-order valence-corrected chi connectivity index (χ2v) is 8.85. The molecule has 4 heterocycles. The first-order chi connectivity index (χ1) is 14.7. The van der Waals surface area contributed by atoms with E-state index in [-0.39, 0.29) is 17.2 Å². The Morgan fingerprint density at radius 3 is 2.67 bits per heavy atom. The van der Waals surface area contributed by atoms with Crippen LogP contribution in [0.4, 0.5) is 0 Å². The number of carbonyl (C=O) groups is 1. The van der Waals surface area contributed by atoms with Crippen molar-refractivity contribution in [2.24, 2.45) is 0 Å². The number of benzene rings is 1. The van der Waals surface area contributed by atoms with E-state index in [0.29, 0.717) is 21.1 Å². The van der Waals surface area contributed by atoms with E-state index >= 15 is 0 Å². The summed E-state index contributed by atoms with van der Waals surface area (Å²) in [4.78, 5) is 33.5. The molecule has 0 atom stereocenters. The number of para-hydroxylation sites is 1. The van der Waals surface area contributed by atoms with Crippen molar-refractivity contribution in [1.29, 1.82) is 0 Å². The topological polar surface area (TPSA) is 68.3 Å². The van der Waals surface area contributed by atoms with Crippen LogP contribution in [-0.2, 0) is 4.79 Å². The lowest BCUT2D eigenvalue weighted by Gasteiger charge is -2.16. The minimum atomic E-state index is -0.157. The van der Waals surface area contributed by atoms with Crippen molar-refractivity contribution in [2.75, 3.05) is 18.8 Å². The minimum Gasteiger partial charge on any atom is -0.464 e. The molecule has 1 saturated heterocycles. The predicted molar refractivity (Wildman–Crippen MR) is 119 cm³/mol. The van der Waals surface area contributed by atoms with Gasteiger partial charge in [0.1, 0.15) is 10.6 Å². The van der Waals surface area contributed by atoms with Crippen LogP contribution in [0.1, 0.15) is 12.8 Å². The molecule has 0 unspecified atom stereocenters. The van der Waals surface area contributed by atoms with Crippen LogP contribution in [0.2, 0.25) is 0 Å². The van der Waals surface area contributed by atoms with Crippen LogP contribution in [-0.4, -0.2) is 39.2 Å². The number of nitrogens with zero attached hydrogens (tertiary/aromatic N) is 3. The summed E-state index contributed by atoms with van der Waals surface area (Å²) < 4.78 is 7.13. The molecule has 152 valence electrons. The highest BCUT2D eigenvalue weighted by atomic mass is 32.2. The summed E-state index contributed by atoms with van der Waals surface area (Å²) in [5, 5.41) is 2.96. The highest BCUT2D eigenvalue weighted by molar-refractivity contribution is 7.99. The zero-order valence-corrected chi connectivity index (χ0v) is 17.7. The molecule has 4 aromatic rings. The zero-order chi connectivity index (χ0) is 20.5. The average molecular weight is 438 g/mol. The molecule has 5 rings (SSSR count). The van der Waals surface area contributed by atoms with E-state index in [1.807, 2.05) is 46.7 Å². The van der Waals surface area contributed by atoms with Crippen LogP contribution >= 0.6 is 23.1 Å². The van der Waals surface area contributed by atoms with E-state index in [1.165, 1.54) is 23.1 Å². The highest BCUT2D eigenvalue weighted by Gasteiger charge is 2.22. The maximum Gasteiger partial charge on any atom is 0.268 e. The number of furan rings is 1. The van der Waals surface area contributed by atoms with Crippen LogP contribution in [0.25, 0.3) is 27.2 Å². The lowest BCUT2D eigenvalue weighted by atomic mass is 10.2. The molecule has 3 aromatic heterocycles. The quantitative estimate of drug-likeness (QED) is 0.341. The second kappa shape index (κ2) is 8.12. The summed E-state index contributed by atoms with van der Waals surface area (Å²) >= 11 is 2.73. The van der Waals surface area contributed by atoms with Crippen molar-refractivity contribution in [3.63, 3.8) is 0 Å². The highest BCUT2D eigenvalue weighted by Crippen LogP contribution is 2.33. The van der Waals surface area contributed by atoms with Gasteiger partial charge in [0.25, 0.3) is 5.56 Å². The molecule has 0 spiro atoms. The Hall–Kier alpha value is -2.84. The van der Waals surface area contributed by atoms with E-state index in [2.05, 4.69) is 0 Å². The van der Waals surface area contributed by atoms with Crippen LogP contribution in [0.3, 0.4) is 0 Å². The normalized spacial score (nSPS) is 13.9. The van der Waals surface area contributed by atoms with Crippen molar-refractivity contribution in [1.82, 2.24) is 14.5 Å². The molecule has 6 nitrogen and oxygen atoms in total. The fraction of sp³-hybridized carbons (Fsp3) is 0.227.